The topological polar surface area (TPSA) is 42.2 Å². The highest BCUT2D eigenvalue weighted by Gasteiger charge is 2.05. The molecule has 1 amide bonds. The summed E-state index contributed by atoms with van der Waals surface area (Å²) in [6.45, 7) is 0.493. The summed E-state index contributed by atoms with van der Waals surface area (Å²) in [5.41, 5.74) is 2.63. The highest BCUT2D eigenvalue weighted by Crippen LogP contribution is 2.07. The summed E-state index contributed by atoms with van der Waals surface area (Å²) >= 11 is 5.69. The van der Waals surface area contributed by atoms with Gasteiger partial charge in [0.1, 0.15) is 6.26 Å². The van der Waals surface area contributed by atoms with Gasteiger partial charge in [0.25, 0.3) is 5.91 Å². The summed E-state index contributed by atoms with van der Waals surface area (Å²) in [4.78, 5) is 11.6. The molecule has 0 fully saturated rings. The van der Waals surface area contributed by atoms with E-state index in [4.69, 9.17) is 16.0 Å². The van der Waals surface area contributed by atoms with E-state index in [9.17, 15) is 4.79 Å². The second-order valence-corrected chi connectivity index (χ2v) is 3.91. The van der Waals surface area contributed by atoms with Gasteiger partial charge in [-0.1, -0.05) is 24.3 Å². The lowest BCUT2D eigenvalue weighted by atomic mass is 10.1. The van der Waals surface area contributed by atoms with Crippen LogP contribution in [-0.2, 0) is 12.4 Å². The van der Waals surface area contributed by atoms with E-state index in [0.29, 0.717) is 18.0 Å². The van der Waals surface area contributed by atoms with Crippen LogP contribution in [0.4, 0.5) is 0 Å². The molecule has 0 saturated heterocycles. The molecule has 0 aliphatic heterocycles. The lowest BCUT2D eigenvalue weighted by Crippen LogP contribution is -2.22. The minimum absolute atomic E-state index is 0.139. The van der Waals surface area contributed by atoms with Gasteiger partial charge < -0.3 is 9.73 Å². The molecule has 1 heterocycles. The Morgan fingerprint density at radius 1 is 1.18 bits per heavy atom. The third-order valence-corrected chi connectivity index (χ3v) is 2.72. The van der Waals surface area contributed by atoms with Crippen LogP contribution in [-0.4, -0.2) is 5.91 Å². The predicted molar refractivity (Wildman–Crippen MR) is 65.9 cm³/mol. The van der Waals surface area contributed by atoms with Crippen LogP contribution in [0.25, 0.3) is 0 Å². The summed E-state index contributed by atoms with van der Waals surface area (Å²) in [6.07, 6.45) is 2.90. The normalized spacial score (nSPS) is 10.2. The number of hydrogen-bond acceptors (Lipinski definition) is 2. The zero-order valence-electron chi connectivity index (χ0n) is 9.15. The lowest BCUT2D eigenvalue weighted by molar-refractivity contribution is 0.0950. The highest BCUT2D eigenvalue weighted by molar-refractivity contribution is 6.17. The number of carbonyl (C=O) groups is 1. The largest absolute Gasteiger partial charge is 0.472 e. The minimum Gasteiger partial charge on any atom is -0.472 e. The molecule has 2 aromatic rings. The number of rotatable bonds is 4. The van der Waals surface area contributed by atoms with Gasteiger partial charge in [-0.2, -0.15) is 0 Å². The second-order valence-electron chi connectivity index (χ2n) is 3.64. The van der Waals surface area contributed by atoms with Gasteiger partial charge in [0.2, 0.25) is 0 Å². The van der Waals surface area contributed by atoms with Gasteiger partial charge in [-0.05, 0) is 17.2 Å². The molecule has 2 rings (SSSR count). The Morgan fingerprint density at radius 3 is 2.47 bits per heavy atom. The molecule has 0 bridgehead atoms. The summed E-state index contributed by atoms with van der Waals surface area (Å²) in [7, 11) is 0. The Kier molecular flexibility index (Phi) is 3.83. The summed E-state index contributed by atoms with van der Waals surface area (Å²) in [5.74, 6) is 0.363. The van der Waals surface area contributed by atoms with Crippen LogP contribution in [0, 0.1) is 0 Å². The maximum atomic E-state index is 11.6. The van der Waals surface area contributed by atoms with E-state index < -0.39 is 0 Å². The molecule has 0 radical (unpaired) electrons. The van der Waals surface area contributed by atoms with Crippen molar-refractivity contribution in [3.05, 3.63) is 59.5 Å². The molecule has 0 aliphatic carbocycles. The van der Waals surface area contributed by atoms with Crippen molar-refractivity contribution in [3.8, 4) is 0 Å². The average Bonchev–Trinajstić information content (AvgIpc) is 2.90. The van der Waals surface area contributed by atoms with Crippen molar-refractivity contribution in [3.63, 3.8) is 0 Å². The van der Waals surface area contributed by atoms with Crippen molar-refractivity contribution < 1.29 is 9.21 Å². The number of nitrogens with one attached hydrogen (secondary N) is 1. The number of carbonyl (C=O) groups excluding carboxylic acids is 1. The molecule has 1 aromatic carbocycles. The van der Waals surface area contributed by atoms with Crippen molar-refractivity contribution >= 4 is 17.5 Å². The molecule has 0 spiro atoms. The van der Waals surface area contributed by atoms with Crippen LogP contribution >= 0.6 is 11.6 Å². The molecular formula is C13H12ClNO2. The quantitative estimate of drug-likeness (QED) is 0.847. The Bertz CT molecular complexity index is 477. The van der Waals surface area contributed by atoms with Crippen LogP contribution in [0.3, 0.4) is 0 Å². The molecule has 17 heavy (non-hydrogen) atoms. The molecule has 0 aliphatic rings. The number of amides is 1. The average molecular weight is 250 g/mol. The Hall–Kier alpha value is -1.74. The van der Waals surface area contributed by atoms with Crippen LogP contribution in [0.1, 0.15) is 21.5 Å². The minimum atomic E-state index is -0.139. The van der Waals surface area contributed by atoms with E-state index in [-0.39, 0.29) is 5.91 Å². The molecule has 3 nitrogen and oxygen atoms in total. The molecule has 1 N–H and O–H groups in total. The first-order valence-electron chi connectivity index (χ1n) is 5.24. The van der Waals surface area contributed by atoms with Crippen molar-refractivity contribution in [2.45, 2.75) is 12.4 Å². The van der Waals surface area contributed by atoms with E-state index >= 15 is 0 Å². The first kappa shape index (κ1) is 11.7. The molecule has 0 unspecified atom stereocenters. The molecule has 88 valence electrons. The number of hydrogen-bond donors (Lipinski definition) is 1. The second kappa shape index (κ2) is 5.55. The van der Waals surface area contributed by atoms with Gasteiger partial charge >= 0.3 is 0 Å². The SMILES string of the molecule is O=C(NCc1ccc(CCl)cc1)c1ccoc1. The smallest absolute Gasteiger partial charge is 0.254 e. The van der Waals surface area contributed by atoms with Crippen LogP contribution < -0.4 is 5.32 Å². The number of halogens is 1. The van der Waals surface area contributed by atoms with E-state index in [0.717, 1.165) is 11.1 Å². The van der Waals surface area contributed by atoms with Gasteiger partial charge in [0, 0.05) is 12.4 Å². The van der Waals surface area contributed by atoms with Gasteiger partial charge in [0.05, 0.1) is 11.8 Å². The van der Waals surface area contributed by atoms with Gasteiger partial charge in [-0.15, -0.1) is 11.6 Å². The van der Waals surface area contributed by atoms with Crippen molar-refractivity contribution in [2.75, 3.05) is 0 Å². The zero-order chi connectivity index (χ0) is 12.1. The fourth-order valence-electron chi connectivity index (χ4n) is 1.42. The number of alkyl halides is 1. The molecule has 0 atom stereocenters. The Balaban J connectivity index is 1.91. The third kappa shape index (κ3) is 3.11. The number of furan rings is 1. The van der Waals surface area contributed by atoms with Gasteiger partial charge in [-0.3, -0.25) is 4.79 Å². The van der Waals surface area contributed by atoms with Gasteiger partial charge in [-0.25, -0.2) is 0 Å². The summed E-state index contributed by atoms with van der Waals surface area (Å²) < 4.78 is 4.84. The lowest BCUT2D eigenvalue weighted by Gasteiger charge is -2.04. The maximum Gasteiger partial charge on any atom is 0.254 e. The van der Waals surface area contributed by atoms with Crippen molar-refractivity contribution in [1.82, 2.24) is 5.32 Å². The fraction of sp³-hybridized carbons (Fsp3) is 0.154. The van der Waals surface area contributed by atoms with Crippen molar-refractivity contribution in [1.29, 1.82) is 0 Å². The first-order chi connectivity index (χ1) is 8.29. The van der Waals surface area contributed by atoms with E-state index in [1.807, 2.05) is 24.3 Å². The number of benzene rings is 1. The fourth-order valence-corrected chi connectivity index (χ4v) is 1.60. The standard InChI is InChI=1S/C13H12ClNO2/c14-7-10-1-3-11(4-2-10)8-15-13(16)12-5-6-17-9-12/h1-6,9H,7-8H2,(H,15,16). The summed E-state index contributed by atoms with van der Waals surface area (Å²) in [5, 5.41) is 2.81. The van der Waals surface area contributed by atoms with Crippen molar-refractivity contribution in [2.24, 2.45) is 0 Å². The maximum absolute atomic E-state index is 11.6. The van der Waals surface area contributed by atoms with E-state index in [1.54, 1.807) is 6.07 Å². The Labute approximate surface area is 104 Å². The predicted octanol–water partition coefficient (Wildman–Crippen LogP) is 2.95. The van der Waals surface area contributed by atoms with Crippen LogP contribution in [0.15, 0.2) is 47.3 Å². The molecule has 1 aromatic heterocycles. The Morgan fingerprint density at radius 2 is 1.88 bits per heavy atom. The highest BCUT2D eigenvalue weighted by atomic mass is 35.5. The monoisotopic (exact) mass is 249 g/mol. The molecule has 0 saturated carbocycles. The summed E-state index contributed by atoms with van der Waals surface area (Å²) in [6, 6.07) is 9.44. The molecule has 4 heteroatoms. The third-order valence-electron chi connectivity index (χ3n) is 2.41. The van der Waals surface area contributed by atoms with Gasteiger partial charge in [0.15, 0.2) is 0 Å². The van der Waals surface area contributed by atoms with Crippen LogP contribution in [0.5, 0.6) is 0 Å². The zero-order valence-corrected chi connectivity index (χ0v) is 9.91. The van der Waals surface area contributed by atoms with Crippen LogP contribution in [0.2, 0.25) is 0 Å². The first-order valence-corrected chi connectivity index (χ1v) is 5.77. The van der Waals surface area contributed by atoms with E-state index in [2.05, 4.69) is 5.32 Å². The van der Waals surface area contributed by atoms with E-state index in [1.165, 1.54) is 12.5 Å². The molecular weight excluding hydrogens is 238 g/mol.